The van der Waals surface area contributed by atoms with Crippen molar-refractivity contribution in [1.29, 1.82) is 0 Å². The number of carboxylic acids is 1. The summed E-state index contributed by atoms with van der Waals surface area (Å²) in [5.41, 5.74) is 4.01. The number of hydrogen-bond acceptors (Lipinski definition) is 5. The van der Waals surface area contributed by atoms with E-state index in [1.54, 1.807) is 6.20 Å². The average Bonchev–Trinajstić information content (AvgIpc) is 2.80. The molecule has 1 aliphatic rings. The van der Waals surface area contributed by atoms with Gasteiger partial charge in [0.2, 0.25) is 0 Å². The molecule has 1 unspecified atom stereocenters. The lowest BCUT2D eigenvalue weighted by atomic mass is 9.89. The summed E-state index contributed by atoms with van der Waals surface area (Å²) in [7, 11) is 0. The fourth-order valence-electron chi connectivity index (χ4n) is 4.34. The number of nitrogens with one attached hydrogen (secondary N) is 1. The lowest BCUT2D eigenvalue weighted by Gasteiger charge is -2.17. The molecule has 0 fully saturated rings. The van der Waals surface area contributed by atoms with E-state index in [1.807, 2.05) is 30.3 Å². The number of rotatable bonds is 10. The van der Waals surface area contributed by atoms with Crippen LogP contribution in [0.4, 0.5) is 5.82 Å². The van der Waals surface area contributed by atoms with Crippen molar-refractivity contribution in [3.63, 3.8) is 0 Å². The number of ketones is 1. The zero-order valence-electron chi connectivity index (χ0n) is 18.2. The van der Waals surface area contributed by atoms with E-state index in [4.69, 9.17) is 4.98 Å². The largest absolute Gasteiger partial charge is 0.481 e. The van der Waals surface area contributed by atoms with Crippen LogP contribution in [0.25, 0.3) is 10.9 Å². The van der Waals surface area contributed by atoms with Gasteiger partial charge in [-0.15, -0.1) is 0 Å². The second-order valence-electron chi connectivity index (χ2n) is 8.55. The zero-order valence-corrected chi connectivity index (χ0v) is 18.2. The minimum absolute atomic E-state index is 0.0716. The summed E-state index contributed by atoms with van der Waals surface area (Å²) in [5, 5.41) is 13.7. The third-order valence-corrected chi connectivity index (χ3v) is 6.07. The number of pyridine rings is 2. The van der Waals surface area contributed by atoms with Crippen molar-refractivity contribution < 1.29 is 14.7 Å². The summed E-state index contributed by atoms with van der Waals surface area (Å²) in [6.45, 7) is 0.974. The lowest BCUT2D eigenvalue weighted by molar-refractivity contribution is -0.137. The van der Waals surface area contributed by atoms with Gasteiger partial charge in [0.05, 0.1) is 11.9 Å². The number of aliphatic carboxylic acids is 1. The van der Waals surface area contributed by atoms with Gasteiger partial charge in [-0.1, -0.05) is 24.3 Å². The number of carboxylic acid groups (broad SMARTS) is 1. The fourth-order valence-corrected chi connectivity index (χ4v) is 4.34. The number of anilines is 1. The van der Waals surface area contributed by atoms with E-state index < -0.39 is 5.97 Å². The van der Waals surface area contributed by atoms with Crippen LogP contribution >= 0.6 is 0 Å². The number of Topliss-reactive ketones (excluding diaryl/α,β-unsaturated/α-hetero) is 1. The van der Waals surface area contributed by atoms with Gasteiger partial charge in [0.15, 0.2) is 0 Å². The van der Waals surface area contributed by atoms with Gasteiger partial charge >= 0.3 is 5.97 Å². The molecule has 0 spiro atoms. The predicted octanol–water partition coefficient (Wildman–Crippen LogP) is 4.92. The predicted molar refractivity (Wildman–Crippen MR) is 125 cm³/mol. The Morgan fingerprint density at radius 3 is 2.84 bits per heavy atom. The van der Waals surface area contributed by atoms with Gasteiger partial charge in [0.25, 0.3) is 0 Å². The number of aryl methyl sites for hydroxylation is 2. The number of aromatic nitrogens is 2. The summed E-state index contributed by atoms with van der Waals surface area (Å²) < 4.78 is 0. The molecule has 0 saturated carbocycles. The quantitative estimate of drug-likeness (QED) is 0.443. The van der Waals surface area contributed by atoms with E-state index in [0.717, 1.165) is 66.6 Å². The SMILES string of the molecule is O=C(O)CC(CC(=O)CCCCc1ccc2c(n1)NCCC2)c1cnc2ccccc2c1. The highest BCUT2D eigenvalue weighted by Gasteiger charge is 2.20. The Bertz CT molecular complexity index is 1110. The molecule has 1 atom stereocenters. The van der Waals surface area contributed by atoms with Crippen LogP contribution in [0.2, 0.25) is 0 Å². The normalized spacial score (nSPS) is 13.9. The highest BCUT2D eigenvalue weighted by atomic mass is 16.4. The second-order valence-corrected chi connectivity index (χ2v) is 8.55. The highest BCUT2D eigenvalue weighted by Crippen LogP contribution is 2.27. The number of fused-ring (bicyclic) bond motifs is 2. The number of carbonyl (C=O) groups excluding carboxylic acids is 1. The van der Waals surface area contributed by atoms with Crippen LogP contribution in [0.1, 0.15) is 61.3 Å². The molecule has 0 bridgehead atoms. The monoisotopic (exact) mass is 431 g/mol. The molecule has 1 aliphatic heterocycles. The molecule has 3 heterocycles. The molecule has 1 aromatic carbocycles. The van der Waals surface area contributed by atoms with E-state index in [-0.39, 0.29) is 24.5 Å². The van der Waals surface area contributed by atoms with Crippen molar-refractivity contribution in [1.82, 2.24) is 9.97 Å². The zero-order chi connectivity index (χ0) is 22.3. The van der Waals surface area contributed by atoms with Gasteiger partial charge < -0.3 is 10.4 Å². The van der Waals surface area contributed by atoms with Crippen LogP contribution in [0, 0.1) is 0 Å². The molecule has 0 saturated heterocycles. The molecule has 0 amide bonds. The standard InChI is InChI=1S/C26H29N3O3/c30-23(9-3-2-8-22-12-11-18-7-5-13-27-26(18)29-22)15-20(16-25(31)32)21-14-19-6-1-4-10-24(19)28-17-21/h1,4,6,10-12,14,17,20H,2-3,5,7-9,13,15-16H2,(H,27,29)(H,31,32). The van der Waals surface area contributed by atoms with Crippen LogP contribution in [0.5, 0.6) is 0 Å². The van der Waals surface area contributed by atoms with Gasteiger partial charge in [-0.05, 0) is 61.4 Å². The van der Waals surface area contributed by atoms with Gasteiger partial charge in [0, 0.05) is 42.6 Å². The molecule has 2 aromatic heterocycles. The van der Waals surface area contributed by atoms with Crippen LogP contribution in [-0.4, -0.2) is 33.4 Å². The van der Waals surface area contributed by atoms with Crippen molar-refractivity contribution in [2.24, 2.45) is 0 Å². The van der Waals surface area contributed by atoms with Crippen molar-refractivity contribution in [3.8, 4) is 0 Å². The molecular formula is C26H29N3O3. The van der Waals surface area contributed by atoms with E-state index in [9.17, 15) is 14.7 Å². The number of benzene rings is 1. The topological polar surface area (TPSA) is 92.2 Å². The summed E-state index contributed by atoms with van der Waals surface area (Å²) in [6, 6.07) is 13.9. The van der Waals surface area contributed by atoms with Crippen LogP contribution in [0.3, 0.4) is 0 Å². The molecule has 3 aromatic rings. The van der Waals surface area contributed by atoms with E-state index in [0.29, 0.717) is 6.42 Å². The molecule has 166 valence electrons. The molecule has 32 heavy (non-hydrogen) atoms. The van der Waals surface area contributed by atoms with Crippen LogP contribution in [-0.2, 0) is 22.4 Å². The molecule has 2 N–H and O–H groups in total. The van der Waals surface area contributed by atoms with Crippen molar-refractivity contribution >= 4 is 28.5 Å². The van der Waals surface area contributed by atoms with E-state index >= 15 is 0 Å². The summed E-state index contributed by atoms with van der Waals surface area (Å²) in [4.78, 5) is 33.2. The third-order valence-electron chi connectivity index (χ3n) is 6.07. The first kappa shape index (κ1) is 21.9. The number of carbonyl (C=O) groups is 2. The summed E-state index contributed by atoms with van der Waals surface area (Å²) >= 11 is 0. The Morgan fingerprint density at radius 2 is 1.97 bits per heavy atom. The van der Waals surface area contributed by atoms with Gasteiger partial charge in [0.1, 0.15) is 11.6 Å². The number of para-hydroxylation sites is 1. The van der Waals surface area contributed by atoms with E-state index in [1.165, 1.54) is 5.56 Å². The van der Waals surface area contributed by atoms with Gasteiger partial charge in [-0.25, -0.2) is 4.98 Å². The molecule has 6 heteroatoms. The van der Waals surface area contributed by atoms with Crippen molar-refractivity contribution in [2.45, 2.75) is 57.3 Å². The van der Waals surface area contributed by atoms with Gasteiger partial charge in [-0.2, -0.15) is 0 Å². The van der Waals surface area contributed by atoms with E-state index in [2.05, 4.69) is 22.4 Å². The fraction of sp³-hybridized carbons (Fsp3) is 0.385. The molecule has 0 aliphatic carbocycles. The Balaban J connectivity index is 1.30. The molecule has 4 rings (SSSR count). The molecule has 0 radical (unpaired) electrons. The Morgan fingerprint density at radius 1 is 1.09 bits per heavy atom. The first-order chi connectivity index (χ1) is 15.6. The minimum atomic E-state index is -0.900. The Kier molecular flexibility index (Phi) is 7.10. The van der Waals surface area contributed by atoms with Gasteiger partial charge in [-0.3, -0.25) is 14.6 Å². The smallest absolute Gasteiger partial charge is 0.303 e. The van der Waals surface area contributed by atoms with Crippen molar-refractivity contribution in [2.75, 3.05) is 11.9 Å². The maximum absolute atomic E-state index is 12.6. The lowest BCUT2D eigenvalue weighted by Crippen LogP contribution is -2.14. The molecule has 6 nitrogen and oxygen atoms in total. The summed E-state index contributed by atoms with van der Waals surface area (Å²) in [6.07, 6.45) is 7.06. The number of unbranched alkanes of at least 4 members (excludes halogenated alkanes) is 1. The third kappa shape index (κ3) is 5.69. The summed E-state index contributed by atoms with van der Waals surface area (Å²) in [5.74, 6) is -0.150. The molecular weight excluding hydrogens is 402 g/mol. The number of hydrogen-bond donors (Lipinski definition) is 2. The second kappa shape index (κ2) is 10.4. The first-order valence-electron chi connectivity index (χ1n) is 11.4. The maximum Gasteiger partial charge on any atom is 0.303 e. The highest BCUT2D eigenvalue weighted by molar-refractivity contribution is 5.82. The Hall–Kier alpha value is -3.28. The minimum Gasteiger partial charge on any atom is -0.481 e. The number of nitrogens with zero attached hydrogens (tertiary/aromatic N) is 2. The maximum atomic E-state index is 12.6. The first-order valence-corrected chi connectivity index (χ1v) is 11.4. The van der Waals surface area contributed by atoms with Crippen molar-refractivity contribution in [3.05, 3.63) is 65.5 Å². The average molecular weight is 432 g/mol. The van der Waals surface area contributed by atoms with Crippen LogP contribution < -0.4 is 5.32 Å². The Labute approximate surface area is 188 Å². The van der Waals surface area contributed by atoms with Crippen LogP contribution in [0.15, 0.2) is 48.7 Å².